The summed E-state index contributed by atoms with van der Waals surface area (Å²) < 4.78 is 27.0. The Kier molecular flexibility index (Phi) is 6.21. The molecule has 0 aromatic heterocycles. The normalized spacial score (nSPS) is 17.5. The molecule has 3 N–H and O–H groups in total. The average molecular weight is 429 g/mol. The number of sulfonamides is 1. The Morgan fingerprint density at radius 3 is 2.43 bits per heavy atom. The van der Waals surface area contributed by atoms with E-state index in [2.05, 4.69) is 20.6 Å². The Bertz CT molecular complexity index is 1110. The molecule has 2 aromatic rings. The van der Waals surface area contributed by atoms with Crippen molar-refractivity contribution in [1.29, 1.82) is 0 Å². The maximum absolute atomic E-state index is 12.8. The van der Waals surface area contributed by atoms with E-state index in [0.717, 1.165) is 5.56 Å². The average Bonchev–Trinajstić information content (AvgIpc) is 3.00. The number of nitrogens with one attached hydrogen (secondary N) is 3. The predicted molar refractivity (Wildman–Crippen MR) is 113 cm³/mol. The first kappa shape index (κ1) is 21.5. The minimum absolute atomic E-state index is 0.122. The minimum Gasteiger partial charge on any atom is -0.271 e. The molecule has 2 atom stereocenters. The van der Waals surface area contributed by atoms with Crippen LogP contribution in [0.1, 0.15) is 41.8 Å². The number of aliphatic imine (C=N–C) groups is 1. The lowest BCUT2D eigenvalue weighted by Crippen LogP contribution is -2.48. The summed E-state index contributed by atoms with van der Waals surface area (Å²) in [6.07, 6.45) is 0.634. The molecule has 0 saturated heterocycles. The van der Waals surface area contributed by atoms with Gasteiger partial charge in [-0.2, -0.15) is 0 Å². The Morgan fingerprint density at radius 1 is 1.07 bits per heavy atom. The van der Waals surface area contributed by atoms with Crippen LogP contribution < -0.4 is 15.6 Å². The van der Waals surface area contributed by atoms with Gasteiger partial charge in [0.1, 0.15) is 11.9 Å². The highest BCUT2D eigenvalue weighted by Gasteiger charge is 2.33. The Labute approximate surface area is 175 Å². The Hall–Kier alpha value is -3.20. The number of hydrogen-bond acceptors (Lipinski definition) is 5. The molecule has 0 radical (unpaired) electrons. The molecule has 30 heavy (non-hydrogen) atoms. The summed E-state index contributed by atoms with van der Waals surface area (Å²) >= 11 is 0. The summed E-state index contributed by atoms with van der Waals surface area (Å²) in [6, 6.07) is 12.6. The lowest BCUT2D eigenvalue weighted by molar-refractivity contribution is -0.124. The Morgan fingerprint density at radius 2 is 1.73 bits per heavy atom. The SMILES string of the molecule is CC[C@H](C)[C@H](N=C1NS(=O)(=O)c2ccccc21)C(=O)NNC(=O)c1ccccc1C. The Balaban J connectivity index is 1.82. The largest absolute Gasteiger partial charge is 0.271 e. The number of aryl methyl sites for hydroxylation is 1. The molecule has 1 aliphatic rings. The van der Waals surface area contributed by atoms with Crippen molar-refractivity contribution in [3.8, 4) is 0 Å². The molecule has 0 aliphatic carbocycles. The van der Waals surface area contributed by atoms with Gasteiger partial charge in [-0.15, -0.1) is 0 Å². The van der Waals surface area contributed by atoms with Crippen LogP contribution in [0, 0.1) is 12.8 Å². The van der Waals surface area contributed by atoms with Crippen molar-refractivity contribution in [3.63, 3.8) is 0 Å². The van der Waals surface area contributed by atoms with Gasteiger partial charge in [0, 0.05) is 11.1 Å². The summed E-state index contributed by atoms with van der Waals surface area (Å²) in [5, 5.41) is 0. The molecule has 3 rings (SSSR count). The standard InChI is InChI=1S/C21H24N4O4S/c1-4-13(2)18(21(27)24-23-20(26)15-10-6-5-9-14(15)3)22-19-16-11-7-8-12-17(16)30(28,29)25-19/h5-13,18H,4H2,1-3H3,(H,22,25)(H,23,26)(H,24,27)/t13-,18-/m0/s1. The zero-order chi connectivity index (χ0) is 21.9. The molecule has 2 aromatic carbocycles. The highest BCUT2D eigenvalue weighted by atomic mass is 32.2. The minimum atomic E-state index is -3.71. The first-order valence-corrected chi connectivity index (χ1v) is 11.1. The van der Waals surface area contributed by atoms with Crippen LogP contribution in [0.2, 0.25) is 0 Å². The van der Waals surface area contributed by atoms with Crippen molar-refractivity contribution in [3.05, 3.63) is 65.2 Å². The van der Waals surface area contributed by atoms with Crippen molar-refractivity contribution in [2.24, 2.45) is 10.9 Å². The van der Waals surface area contributed by atoms with Crippen LogP contribution in [0.25, 0.3) is 0 Å². The molecule has 1 heterocycles. The second-order valence-corrected chi connectivity index (χ2v) is 8.82. The van der Waals surface area contributed by atoms with Crippen LogP contribution in [0.5, 0.6) is 0 Å². The molecule has 2 amide bonds. The number of fused-ring (bicyclic) bond motifs is 1. The number of rotatable bonds is 5. The molecule has 0 bridgehead atoms. The van der Waals surface area contributed by atoms with E-state index in [4.69, 9.17) is 0 Å². The number of amides is 2. The monoisotopic (exact) mass is 428 g/mol. The van der Waals surface area contributed by atoms with Gasteiger partial charge in [0.2, 0.25) is 0 Å². The third-order valence-electron chi connectivity index (χ3n) is 5.07. The molecule has 0 unspecified atom stereocenters. The molecule has 0 saturated carbocycles. The van der Waals surface area contributed by atoms with E-state index in [-0.39, 0.29) is 16.6 Å². The predicted octanol–water partition coefficient (Wildman–Crippen LogP) is 1.91. The smallest absolute Gasteiger partial charge is 0.269 e. The fourth-order valence-corrected chi connectivity index (χ4v) is 4.36. The van der Waals surface area contributed by atoms with Crippen molar-refractivity contribution in [2.45, 2.75) is 38.1 Å². The lowest BCUT2D eigenvalue weighted by Gasteiger charge is -2.19. The van der Waals surface area contributed by atoms with E-state index >= 15 is 0 Å². The second-order valence-electron chi connectivity index (χ2n) is 7.17. The van der Waals surface area contributed by atoms with E-state index in [0.29, 0.717) is 17.5 Å². The zero-order valence-electron chi connectivity index (χ0n) is 17.0. The molecular weight excluding hydrogens is 404 g/mol. The second kappa shape index (κ2) is 8.66. The van der Waals surface area contributed by atoms with Crippen LogP contribution in [0.3, 0.4) is 0 Å². The van der Waals surface area contributed by atoms with Gasteiger partial charge in [-0.05, 0) is 36.6 Å². The van der Waals surface area contributed by atoms with Gasteiger partial charge >= 0.3 is 0 Å². The van der Waals surface area contributed by atoms with Crippen molar-refractivity contribution < 1.29 is 18.0 Å². The van der Waals surface area contributed by atoms with E-state index in [9.17, 15) is 18.0 Å². The molecule has 1 aliphatic heterocycles. The molecule has 9 heteroatoms. The van der Waals surface area contributed by atoms with Crippen LogP contribution in [0.15, 0.2) is 58.4 Å². The van der Waals surface area contributed by atoms with Gasteiger partial charge in [-0.25, -0.2) is 8.42 Å². The summed E-state index contributed by atoms with van der Waals surface area (Å²) in [5.74, 6) is -1.03. The number of hydrogen-bond donors (Lipinski definition) is 3. The van der Waals surface area contributed by atoms with Gasteiger partial charge in [0.25, 0.3) is 21.8 Å². The van der Waals surface area contributed by atoms with Crippen LogP contribution in [-0.4, -0.2) is 32.1 Å². The fraction of sp³-hybridized carbons (Fsp3) is 0.286. The van der Waals surface area contributed by atoms with Crippen LogP contribution >= 0.6 is 0 Å². The van der Waals surface area contributed by atoms with Crippen LogP contribution in [0.4, 0.5) is 0 Å². The number of carbonyl (C=O) groups is 2. The summed E-state index contributed by atoms with van der Waals surface area (Å²) in [4.78, 5) is 29.7. The van der Waals surface area contributed by atoms with Crippen LogP contribution in [-0.2, 0) is 14.8 Å². The number of benzene rings is 2. The van der Waals surface area contributed by atoms with E-state index in [1.54, 1.807) is 43.3 Å². The van der Waals surface area contributed by atoms with Gasteiger partial charge in [-0.3, -0.25) is 30.2 Å². The van der Waals surface area contributed by atoms with E-state index in [1.807, 2.05) is 19.9 Å². The molecule has 0 fully saturated rings. The zero-order valence-corrected chi connectivity index (χ0v) is 17.8. The van der Waals surface area contributed by atoms with Gasteiger partial charge in [0.15, 0.2) is 0 Å². The lowest BCUT2D eigenvalue weighted by atomic mass is 9.99. The third-order valence-corrected chi connectivity index (χ3v) is 6.47. The highest BCUT2D eigenvalue weighted by molar-refractivity contribution is 7.90. The first-order chi connectivity index (χ1) is 14.2. The maximum Gasteiger partial charge on any atom is 0.269 e. The first-order valence-electron chi connectivity index (χ1n) is 9.60. The topological polar surface area (TPSA) is 117 Å². The fourth-order valence-electron chi connectivity index (χ4n) is 3.12. The quantitative estimate of drug-likeness (QED) is 0.631. The number of nitrogens with zero attached hydrogens (tertiary/aromatic N) is 1. The molecule has 8 nitrogen and oxygen atoms in total. The summed E-state index contributed by atoms with van der Waals surface area (Å²) in [5.41, 5.74) is 6.47. The van der Waals surface area contributed by atoms with Crippen molar-refractivity contribution >= 4 is 27.7 Å². The number of carbonyl (C=O) groups excluding carboxylic acids is 2. The highest BCUT2D eigenvalue weighted by Crippen LogP contribution is 2.24. The molecule has 0 spiro atoms. The van der Waals surface area contributed by atoms with Gasteiger partial charge < -0.3 is 0 Å². The number of hydrazine groups is 1. The van der Waals surface area contributed by atoms with Gasteiger partial charge in [0.05, 0.1) is 4.90 Å². The number of amidine groups is 1. The van der Waals surface area contributed by atoms with E-state index in [1.165, 1.54) is 6.07 Å². The van der Waals surface area contributed by atoms with Crippen molar-refractivity contribution in [2.75, 3.05) is 0 Å². The van der Waals surface area contributed by atoms with Gasteiger partial charge in [-0.1, -0.05) is 50.6 Å². The summed E-state index contributed by atoms with van der Waals surface area (Å²) in [7, 11) is -3.71. The molecular formula is C21H24N4O4S. The van der Waals surface area contributed by atoms with E-state index < -0.39 is 27.9 Å². The molecule has 158 valence electrons. The summed E-state index contributed by atoms with van der Waals surface area (Å²) in [6.45, 7) is 5.55. The van der Waals surface area contributed by atoms with Crippen molar-refractivity contribution in [1.82, 2.24) is 15.6 Å². The maximum atomic E-state index is 12.8. The third kappa shape index (κ3) is 4.35.